The van der Waals surface area contributed by atoms with Gasteiger partial charge in [-0.3, -0.25) is 0 Å². The molecule has 0 N–H and O–H groups in total. The molecule has 0 bridgehead atoms. The summed E-state index contributed by atoms with van der Waals surface area (Å²) in [6.45, 7) is 1.23. The number of hydrogen-bond donors (Lipinski definition) is 0. The summed E-state index contributed by atoms with van der Waals surface area (Å²) in [5.74, 6) is 3.08. The minimum absolute atomic E-state index is 0.255. The molecule has 0 saturated heterocycles. The number of benzene rings is 3. The molecule has 5 heteroatoms. The summed E-state index contributed by atoms with van der Waals surface area (Å²) >= 11 is 0. The molecule has 4 rings (SSSR count). The molecular formula is C21H23NO4. The fourth-order valence-corrected chi connectivity index (χ4v) is 3.62. The fraction of sp³-hybridized carbons (Fsp3) is 0.333. The molecule has 0 radical (unpaired) electrons. The molecule has 26 heavy (non-hydrogen) atoms. The Kier molecular flexibility index (Phi) is 4.24. The standard InChI is InChI=1S/C21H23NO4/c1-22(2)10-9-13-11-18-21(26-12-25-18)19-14(13)5-6-16-15(19)7-8-17(23-3)20(16)24-4/h5-8,11H,9-10,12H2,1-4H3. The van der Waals surface area contributed by atoms with Crippen molar-refractivity contribution in [1.29, 1.82) is 0 Å². The third-order valence-electron chi connectivity index (χ3n) is 4.89. The number of hydrogen-bond acceptors (Lipinski definition) is 5. The lowest BCUT2D eigenvalue weighted by atomic mass is 9.95. The van der Waals surface area contributed by atoms with E-state index in [0.717, 1.165) is 52.1 Å². The van der Waals surface area contributed by atoms with Crippen molar-refractivity contribution in [3.63, 3.8) is 0 Å². The molecule has 1 heterocycles. The molecule has 136 valence electrons. The minimum atomic E-state index is 0.255. The third kappa shape index (κ3) is 2.59. The van der Waals surface area contributed by atoms with Gasteiger partial charge in [-0.15, -0.1) is 0 Å². The zero-order valence-electron chi connectivity index (χ0n) is 15.6. The van der Waals surface area contributed by atoms with E-state index in [1.807, 2.05) is 6.07 Å². The first-order chi connectivity index (χ1) is 12.6. The van der Waals surface area contributed by atoms with E-state index in [2.05, 4.69) is 43.3 Å². The minimum Gasteiger partial charge on any atom is -0.493 e. The number of nitrogens with zero attached hydrogens (tertiary/aromatic N) is 1. The molecule has 0 amide bonds. The van der Waals surface area contributed by atoms with Gasteiger partial charge in [0, 0.05) is 17.3 Å². The van der Waals surface area contributed by atoms with Gasteiger partial charge in [-0.2, -0.15) is 0 Å². The van der Waals surface area contributed by atoms with E-state index in [1.165, 1.54) is 10.9 Å². The van der Waals surface area contributed by atoms with E-state index in [-0.39, 0.29) is 6.79 Å². The zero-order valence-corrected chi connectivity index (χ0v) is 15.6. The zero-order chi connectivity index (χ0) is 18.3. The molecule has 5 nitrogen and oxygen atoms in total. The highest BCUT2D eigenvalue weighted by Gasteiger charge is 2.23. The lowest BCUT2D eigenvalue weighted by Gasteiger charge is -2.16. The second-order valence-electron chi connectivity index (χ2n) is 6.71. The molecular weight excluding hydrogens is 330 g/mol. The third-order valence-corrected chi connectivity index (χ3v) is 4.89. The molecule has 0 atom stereocenters. The van der Waals surface area contributed by atoms with Crippen LogP contribution in [0.5, 0.6) is 23.0 Å². The van der Waals surface area contributed by atoms with Crippen LogP contribution in [0.15, 0.2) is 30.3 Å². The van der Waals surface area contributed by atoms with E-state index in [4.69, 9.17) is 18.9 Å². The molecule has 0 fully saturated rings. The van der Waals surface area contributed by atoms with Crippen molar-refractivity contribution in [2.24, 2.45) is 0 Å². The lowest BCUT2D eigenvalue weighted by Crippen LogP contribution is -2.15. The van der Waals surface area contributed by atoms with Crippen molar-refractivity contribution < 1.29 is 18.9 Å². The summed E-state index contributed by atoms with van der Waals surface area (Å²) in [7, 11) is 7.49. The van der Waals surface area contributed by atoms with Gasteiger partial charge in [0.25, 0.3) is 0 Å². The fourth-order valence-electron chi connectivity index (χ4n) is 3.62. The van der Waals surface area contributed by atoms with Crippen LogP contribution in [0.25, 0.3) is 21.5 Å². The number of fused-ring (bicyclic) bond motifs is 5. The van der Waals surface area contributed by atoms with Gasteiger partial charge in [0.05, 0.1) is 14.2 Å². The van der Waals surface area contributed by atoms with Crippen LogP contribution in [-0.4, -0.2) is 46.6 Å². The first-order valence-corrected chi connectivity index (χ1v) is 8.67. The molecule has 0 aromatic heterocycles. The van der Waals surface area contributed by atoms with Crippen molar-refractivity contribution in [3.05, 3.63) is 35.9 Å². The summed E-state index contributed by atoms with van der Waals surface area (Å²) < 4.78 is 22.6. The maximum atomic E-state index is 5.83. The van der Waals surface area contributed by atoms with Crippen molar-refractivity contribution >= 4 is 21.5 Å². The molecule has 1 aliphatic rings. The average Bonchev–Trinajstić information content (AvgIpc) is 3.12. The average molecular weight is 353 g/mol. The van der Waals surface area contributed by atoms with Crippen LogP contribution in [-0.2, 0) is 6.42 Å². The molecule has 0 spiro atoms. The van der Waals surface area contributed by atoms with Gasteiger partial charge in [-0.1, -0.05) is 6.07 Å². The monoisotopic (exact) mass is 353 g/mol. The highest BCUT2D eigenvalue weighted by molar-refractivity contribution is 6.14. The van der Waals surface area contributed by atoms with Crippen LogP contribution in [0.3, 0.4) is 0 Å². The molecule has 0 unspecified atom stereocenters. The summed E-state index contributed by atoms with van der Waals surface area (Å²) in [6.07, 6.45) is 0.943. The van der Waals surface area contributed by atoms with Crippen LogP contribution in [0.1, 0.15) is 5.56 Å². The SMILES string of the molecule is COc1ccc2c(ccc3c(CCN(C)C)cc4c(c32)OCO4)c1OC. The Balaban J connectivity index is 2.04. The predicted molar refractivity (Wildman–Crippen MR) is 103 cm³/mol. The van der Waals surface area contributed by atoms with Gasteiger partial charge in [-0.25, -0.2) is 0 Å². The van der Waals surface area contributed by atoms with Crippen LogP contribution in [0, 0.1) is 0 Å². The largest absolute Gasteiger partial charge is 0.493 e. The van der Waals surface area contributed by atoms with E-state index < -0.39 is 0 Å². The van der Waals surface area contributed by atoms with E-state index in [9.17, 15) is 0 Å². The van der Waals surface area contributed by atoms with E-state index >= 15 is 0 Å². The van der Waals surface area contributed by atoms with Crippen LogP contribution in [0.4, 0.5) is 0 Å². The normalized spacial score (nSPS) is 13.0. The highest BCUT2D eigenvalue weighted by Crippen LogP contribution is 2.47. The van der Waals surface area contributed by atoms with Gasteiger partial charge in [-0.05, 0) is 61.1 Å². The van der Waals surface area contributed by atoms with Gasteiger partial charge in [0.1, 0.15) is 0 Å². The van der Waals surface area contributed by atoms with Crippen molar-refractivity contribution in [3.8, 4) is 23.0 Å². The van der Waals surface area contributed by atoms with Crippen LogP contribution >= 0.6 is 0 Å². The van der Waals surface area contributed by atoms with E-state index in [0.29, 0.717) is 0 Å². The quantitative estimate of drug-likeness (QED) is 0.652. The molecule has 3 aromatic carbocycles. The van der Waals surface area contributed by atoms with Crippen LogP contribution < -0.4 is 18.9 Å². The first-order valence-electron chi connectivity index (χ1n) is 8.67. The summed E-state index contributed by atoms with van der Waals surface area (Å²) in [4.78, 5) is 2.19. The molecule has 3 aromatic rings. The van der Waals surface area contributed by atoms with Gasteiger partial charge < -0.3 is 23.8 Å². The van der Waals surface area contributed by atoms with Crippen molar-refractivity contribution in [2.45, 2.75) is 6.42 Å². The second kappa shape index (κ2) is 6.57. The maximum Gasteiger partial charge on any atom is 0.231 e. The predicted octanol–water partition coefficient (Wildman–Crippen LogP) is 3.84. The highest BCUT2D eigenvalue weighted by atomic mass is 16.7. The molecule has 1 aliphatic heterocycles. The Morgan fingerprint density at radius 1 is 0.962 bits per heavy atom. The number of likely N-dealkylation sites (N-methyl/N-ethyl adjacent to an activating group) is 1. The summed E-state index contributed by atoms with van der Waals surface area (Å²) in [5, 5.41) is 4.35. The Morgan fingerprint density at radius 2 is 1.73 bits per heavy atom. The van der Waals surface area contributed by atoms with Gasteiger partial charge >= 0.3 is 0 Å². The van der Waals surface area contributed by atoms with Crippen LogP contribution in [0.2, 0.25) is 0 Å². The summed E-state index contributed by atoms with van der Waals surface area (Å²) in [6, 6.07) is 10.4. The first kappa shape index (κ1) is 16.8. The van der Waals surface area contributed by atoms with E-state index in [1.54, 1.807) is 14.2 Å². The molecule has 0 aliphatic carbocycles. The number of ether oxygens (including phenoxy) is 4. The van der Waals surface area contributed by atoms with Gasteiger partial charge in [0.2, 0.25) is 6.79 Å². The topological polar surface area (TPSA) is 40.2 Å². The second-order valence-corrected chi connectivity index (χ2v) is 6.71. The number of rotatable bonds is 5. The Bertz CT molecular complexity index is 981. The molecule has 0 saturated carbocycles. The Hall–Kier alpha value is -2.66. The van der Waals surface area contributed by atoms with Gasteiger partial charge in [0.15, 0.2) is 23.0 Å². The summed E-state index contributed by atoms with van der Waals surface area (Å²) in [5.41, 5.74) is 1.26. The lowest BCUT2D eigenvalue weighted by molar-refractivity contribution is 0.175. The van der Waals surface area contributed by atoms with Crippen molar-refractivity contribution in [2.75, 3.05) is 41.7 Å². The maximum absolute atomic E-state index is 5.83. The Labute approximate surface area is 153 Å². The smallest absolute Gasteiger partial charge is 0.231 e. The van der Waals surface area contributed by atoms with Crippen molar-refractivity contribution in [1.82, 2.24) is 4.90 Å². The Morgan fingerprint density at radius 3 is 2.46 bits per heavy atom. The number of methoxy groups -OCH3 is 2.